The zero-order valence-corrected chi connectivity index (χ0v) is 17.9. The Labute approximate surface area is 180 Å². The van der Waals surface area contributed by atoms with Gasteiger partial charge in [-0.3, -0.25) is 4.79 Å². The van der Waals surface area contributed by atoms with Crippen molar-refractivity contribution in [3.63, 3.8) is 0 Å². The van der Waals surface area contributed by atoms with Gasteiger partial charge in [0.1, 0.15) is 18.2 Å². The lowest BCUT2D eigenvalue weighted by atomic mass is 9.93. The van der Waals surface area contributed by atoms with E-state index in [4.69, 9.17) is 10.5 Å². The molecule has 1 amide bonds. The average Bonchev–Trinajstić information content (AvgIpc) is 3.50. The van der Waals surface area contributed by atoms with E-state index in [1.807, 2.05) is 13.8 Å². The second kappa shape index (κ2) is 8.86. The molecule has 1 aromatic carbocycles. The number of benzene rings is 1. The van der Waals surface area contributed by atoms with Crippen LogP contribution in [0.3, 0.4) is 0 Å². The first-order valence-corrected chi connectivity index (χ1v) is 10.3. The van der Waals surface area contributed by atoms with Crippen LogP contribution < -0.4 is 15.8 Å². The summed E-state index contributed by atoms with van der Waals surface area (Å²) in [6.45, 7) is 5.73. The largest absolute Gasteiger partial charge is 0.491 e. The molecule has 31 heavy (non-hydrogen) atoms. The lowest BCUT2D eigenvalue weighted by Crippen LogP contribution is -2.43. The van der Waals surface area contributed by atoms with E-state index in [0.717, 1.165) is 18.9 Å². The number of ether oxygens (including phenoxy) is 1. The number of rotatable bonds is 8. The van der Waals surface area contributed by atoms with Crippen LogP contribution in [0.1, 0.15) is 45.6 Å². The Morgan fingerprint density at radius 2 is 1.90 bits per heavy atom. The third-order valence-electron chi connectivity index (χ3n) is 5.01. The summed E-state index contributed by atoms with van der Waals surface area (Å²) in [5, 5.41) is 2.71. The Hall–Kier alpha value is -2.61. The van der Waals surface area contributed by atoms with Gasteiger partial charge in [0.05, 0.1) is 5.56 Å². The molecule has 0 aliphatic heterocycles. The van der Waals surface area contributed by atoms with Crippen molar-refractivity contribution in [3.8, 4) is 16.9 Å². The zero-order chi connectivity index (χ0) is 22.8. The monoisotopic (exact) mass is 435 g/mol. The number of hydrogen-bond donors (Lipinski definition) is 2. The minimum atomic E-state index is -4.59. The molecular formula is C23H28F3N3O2. The molecule has 1 saturated carbocycles. The average molecular weight is 435 g/mol. The number of pyridine rings is 1. The predicted octanol–water partition coefficient (Wildman–Crippen LogP) is 5.26. The summed E-state index contributed by atoms with van der Waals surface area (Å²) in [6.07, 6.45) is -0.813. The quantitative estimate of drug-likeness (QED) is 0.593. The van der Waals surface area contributed by atoms with Crippen molar-refractivity contribution in [1.29, 1.82) is 0 Å². The molecule has 0 bridgehead atoms. The molecule has 1 aliphatic carbocycles. The number of halogens is 3. The number of carbonyl (C=O) groups is 1. The molecule has 1 aromatic heterocycles. The molecule has 168 valence electrons. The molecule has 3 N–H and O–H groups in total. The van der Waals surface area contributed by atoms with E-state index in [2.05, 4.69) is 10.3 Å². The van der Waals surface area contributed by atoms with Gasteiger partial charge in [-0.05, 0) is 67.5 Å². The van der Waals surface area contributed by atoms with Crippen molar-refractivity contribution in [1.82, 2.24) is 4.98 Å². The highest BCUT2D eigenvalue weighted by Crippen LogP contribution is 2.39. The lowest BCUT2D eigenvalue weighted by Gasteiger charge is -2.27. The van der Waals surface area contributed by atoms with Gasteiger partial charge < -0.3 is 15.8 Å². The Balaban J connectivity index is 1.84. The molecule has 2 aromatic rings. The molecule has 1 unspecified atom stereocenters. The Morgan fingerprint density at radius 1 is 1.23 bits per heavy atom. The lowest BCUT2D eigenvalue weighted by molar-refractivity contribution is -0.139. The van der Waals surface area contributed by atoms with Gasteiger partial charge in [-0.1, -0.05) is 19.9 Å². The number of aromatic nitrogens is 1. The molecule has 5 nitrogen and oxygen atoms in total. The number of amides is 1. The summed E-state index contributed by atoms with van der Waals surface area (Å²) >= 11 is 0. The van der Waals surface area contributed by atoms with Gasteiger partial charge in [-0.25, -0.2) is 4.98 Å². The van der Waals surface area contributed by atoms with E-state index in [1.165, 1.54) is 12.3 Å². The number of anilines is 1. The highest BCUT2D eigenvalue weighted by molar-refractivity contribution is 5.93. The van der Waals surface area contributed by atoms with Crippen LogP contribution in [0.25, 0.3) is 11.1 Å². The minimum absolute atomic E-state index is 0.00245. The van der Waals surface area contributed by atoms with Gasteiger partial charge in [0.2, 0.25) is 5.91 Å². The van der Waals surface area contributed by atoms with E-state index >= 15 is 0 Å². The van der Waals surface area contributed by atoms with Crippen LogP contribution in [-0.4, -0.2) is 23.0 Å². The van der Waals surface area contributed by atoms with Crippen LogP contribution in [0.5, 0.6) is 5.75 Å². The van der Waals surface area contributed by atoms with Crippen LogP contribution >= 0.6 is 0 Å². The molecule has 1 atom stereocenters. The summed E-state index contributed by atoms with van der Waals surface area (Å²) in [5.74, 6) is 0.242. The van der Waals surface area contributed by atoms with Gasteiger partial charge in [0.15, 0.2) is 0 Å². The maximum absolute atomic E-state index is 13.7. The fraction of sp³-hybridized carbons (Fsp3) is 0.478. The smallest absolute Gasteiger partial charge is 0.419 e. The van der Waals surface area contributed by atoms with E-state index in [0.29, 0.717) is 29.3 Å². The maximum atomic E-state index is 13.7. The van der Waals surface area contributed by atoms with Gasteiger partial charge in [-0.15, -0.1) is 0 Å². The number of nitrogens with one attached hydrogen (secondary N) is 1. The number of nitrogens with two attached hydrogens (primary N) is 1. The van der Waals surface area contributed by atoms with E-state index in [-0.39, 0.29) is 24.2 Å². The second-order valence-electron chi connectivity index (χ2n) is 8.94. The number of nitrogens with zero attached hydrogens (tertiary/aromatic N) is 1. The van der Waals surface area contributed by atoms with Crippen LogP contribution in [0.4, 0.5) is 19.0 Å². The van der Waals surface area contributed by atoms with Gasteiger partial charge in [-0.2, -0.15) is 13.2 Å². The zero-order valence-electron chi connectivity index (χ0n) is 17.9. The molecule has 0 saturated heterocycles. The maximum Gasteiger partial charge on any atom is 0.419 e. The second-order valence-corrected chi connectivity index (χ2v) is 8.94. The standard InChI is InChI=1S/C23H28F3N3O2/c1-14(2)12-22(3,27)13-31-19-7-6-16(10-18(19)23(24,25)26)17-8-9-28-20(11-17)29-21(30)15-4-5-15/h6-11,14-15H,4-5,12-13,27H2,1-3H3,(H,28,29,30). The molecule has 1 heterocycles. The van der Waals surface area contributed by atoms with Crippen molar-refractivity contribution < 1.29 is 22.7 Å². The number of hydrogen-bond acceptors (Lipinski definition) is 4. The summed E-state index contributed by atoms with van der Waals surface area (Å²) < 4.78 is 46.7. The van der Waals surface area contributed by atoms with Crippen molar-refractivity contribution in [3.05, 3.63) is 42.1 Å². The summed E-state index contributed by atoms with van der Waals surface area (Å²) in [7, 11) is 0. The summed E-state index contributed by atoms with van der Waals surface area (Å²) in [6, 6.07) is 7.08. The highest BCUT2D eigenvalue weighted by Gasteiger charge is 2.35. The fourth-order valence-corrected chi connectivity index (χ4v) is 3.54. The van der Waals surface area contributed by atoms with Gasteiger partial charge >= 0.3 is 6.18 Å². The van der Waals surface area contributed by atoms with Crippen LogP contribution in [0, 0.1) is 11.8 Å². The molecule has 1 fully saturated rings. The summed E-state index contributed by atoms with van der Waals surface area (Å²) in [5.41, 5.74) is 5.43. The van der Waals surface area contributed by atoms with Crippen molar-refractivity contribution in [2.45, 2.75) is 51.7 Å². The number of carbonyl (C=O) groups excluding carboxylic acids is 1. The molecule has 1 aliphatic rings. The normalized spacial score (nSPS) is 16.1. The first-order chi connectivity index (χ1) is 14.4. The fourth-order valence-electron chi connectivity index (χ4n) is 3.54. The first kappa shape index (κ1) is 23.1. The van der Waals surface area contributed by atoms with E-state index < -0.39 is 17.3 Å². The van der Waals surface area contributed by atoms with Crippen LogP contribution in [0.2, 0.25) is 0 Å². The predicted molar refractivity (Wildman–Crippen MR) is 114 cm³/mol. The van der Waals surface area contributed by atoms with Crippen molar-refractivity contribution in [2.24, 2.45) is 17.6 Å². The third kappa shape index (κ3) is 6.43. The SMILES string of the molecule is CC(C)CC(C)(N)COc1ccc(-c2ccnc(NC(=O)C3CC3)c2)cc1C(F)(F)F. The van der Waals surface area contributed by atoms with E-state index in [1.54, 1.807) is 25.1 Å². The molecule has 3 rings (SSSR count). The molecule has 8 heteroatoms. The van der Waals surface area contributed by atoms with Crippen LogP contribution in [0.15, 0.2) is 36.5 Å². The van der Waals surface area contributed by atoms with E-state index in [9.17, 15) is 18.0 Å². The minimum Gasteiger partial charge on any atom is -0.491 e. The topological polar surface area (TPSA) is 77.2 Å². The third-order valence-corrected chi connectivity index (χ3v) is 5.01. The van der Waals surface area contributed by atoms with Crippen molar-refractivity contribution >= 4 is 11.7 Å². The molecular weight excluding hydrogens is 407 g/mol. The molecule has 0 spiro atoms. The number of alkyl halides is 3. The Morgan fingerprint density at radius 3 is 2.52 bits per heavy atom. The first-order valence-electron chi connectivity index (χ1n) is 10.3. The molecule has 0 radical (unpaired) electrons. The Bertz CT molecular complexity index is 938. The van der Waals surface area contributed by atoms with Crippen molar-refractivity contribution in [2.75, 3.05) is 11.9 Å². The van der Waals surface area contributed by atoms with Gasteiger partial charge in [0, 0.05) is 17.7 Å². The van der Waals surface area contributed by atoms with Gasteiger partial charge in [0.25, 0.3) is 0 Å². The summed E-state index contributed by atoms with van der Waals surface area (Å²) in [4.78, 5) is 16.0. The highest BCUT2D eigenvalue weighted by atomic mass is 19.4. The van der Waals surface area contributed by atoms with Crippen LogP contribution in [-0.2, 0) is 11.0 Å². The Kier molecular flexibility index (Phi) is 6.59.